The number of rotatable bonds is 3. The Labute approximate surface area is 96.9 Å². The van der Waals surface area contributed by atoms with Crippen LogP contribution >= 0.6 is 0 Å². The molecule has 2 atom stereocenters. The van der Waals surface area contributed by atoms with Crippen molar-refractivity contribution < 1.29 is 4.74 Å². The minimum absolute atomic E-state index is 0.181. The second kappa shape index (κ2) is 3.83. The third-order valence-electron chi connectivity index (χ3n) is 3.57. The number of nitrogens with zero attached hydrogens (tertiary/aromatic N) is 1. The fourth-order valence-corrected chi connectivity index (χ4v) is 2.22. The molecule has 0 N–H and O–H groups in total. The number of hydrogen-bond acceptors (Lipinski definition) is 2. The molecule has 0 radical (unpaired) electrons. The molecule has 2 heteroatoms. The molecule has 0 aromatic heterocycles. The molecule has 0 aliphatic heterocycles. The predicted octanol–water partition coefficient (Wildman–Crippen LogP) is 3.27. The molecule has 2 nitrogen and oxygen atoms in total. The van der Waals surface area contributed by atoms with E-state index in [-0.39, 0.29) is 5.41 Å². The second-order valence-electron chi connectivity index (χ2n) is 4.72. The van der Waals surface area contributed by atoms with Gasteiger partial charge in [-0.15, -0.1) is 0 Å². The van der Waals surface area contributed by atoms with Crippen molar-refractivity contribution in [3.63, 3.8) is 0 Å². The Morgan fingerprint density at radius 3 is 2.81 bits per heavy atom. The maximum Gasteiger partial charge on any atom is 0.122 e. The van der Waals surface area contributed by atoms with E-state index >= 15 is 0 Å². The molecule has 84 valence electrons. The minimum atomic E-state index is -0.181. The molecule has 0 amide bonds. The van der Waals surface area contributed by atoms with Crippen molar-refractivity contribution in [1.29, 1.82) is 5.26 Å². The molecule has 2 rings (SSSR count). The number of methoxy groups -OCH3 is 1. The molecule has 0 saturated heterocycles. The zero-order valence-corrected chi connectivity index (χ0v) is 10.1. The van der Waals surface area contributed by atoms with Crippen LogP contribution in [0, 0.1) is 16.7 Å². The summed E-state index contributed by atoms with van der Waals surface area (Å²) >= 11 is 0. The highest BCUT2D eigenvalue weighted by Crippen LogP contribution is 2.60. The van der Waals surface area contributed by atoms with Crippen LogP contribution in [0.3, 0.4) is 0 Å². The van der Waals surface area contributed by atoms with E-state index in [1.807, 2.05) is 13.0 Å². The van der Waals surface area contributed by atoms with Crippen LogP contribution in [0.25, 0.3) is 0 Å². The Kier molecular flexibility index (Phi) is 2.63. The fraction of sp³-hybridized carbons (Fsp3) is 0.500. The summed E-state index contributed by atoms with van der Waals surface area (Å²) in [6, 6.07) is 8.69. The van der Waals surface area contributed by atoms with Crippen LogP contribution in [0.5, 0.6) is 5.75 Å². The van der Waals surface area contributed by atoms with Crippen LogP contribution in [-0.2, 0) is 6.42 Å². The van der Waals surface area contributed by atoms with Gasteiger partial charge in [-0.1, -0.05) is 19.1 Å². The zero-order chi connectivity index (χ0) is 11.8. The van der Waals surface area contributed by atoms with Gasteiger partial charge in [-0.3, -0.25) is 0 Å². The summed E-state index contributed by atoms with van der Waals surface area (Å²) in [6.07, 6.45) is 1.97. The van der Waals surface area contributed by atoms with Crippen molar-refractivity contribution in [3.8, 4) is 11.8 Å². The summed E-state index contributed by atoms with van der Waals surface area (Å²) in [5.74, 6) is 1.26. The molecule has 0 heterocycles. The van der Waals surface area contributed by atoms with Crippen molar-refractivity contribution >= 4 is 0 Å². The lowest BCUT2D eigenvalue weighted by molar-refractivity contribution is 0.408. The molecule has 1 saturated carbocycles. The Morgan fingerprint density at radius 2 is 2.31 bits per heavy atom. The molecule has 0 spiro atoms. The van der Waals surface area contributed by atoms with Crippen molar-refractivity contribution in [2.45, 2.75) is 32.6 Å². The average molecular weight is 215 g/mol. The molecule has 1 aromatic rings. The van der Waals surface area contributed by atoms with Crippen LogP contribution in [0.2, 0.25) is 0 Å². The van der Waals surface area contributed by atoms with Gasteiger partial charge in [-0.2, -0.15) is 5.26 Å². The molecule has 16 heavy (non-hydrogen) atoms. The van der Waals surface area contributed by atoms with Gasteiger partial charge in [-0.05, 0) is 37.0 Å². The number of benzene rings is 1. The topological polar surface area (TPSA) is 33.0 Å². The lowest BCUT2D eigenvalue weighted by Crippen LogP contribution is -1.97. The number of hydrogen-bond donors (Lipinski definition) is 0. The summed E-state index contributed by atoms with van der Waals surface area (Å²) in [5, 5.41) is 9.10. The number of nitriles is 1. The van der Waals surface area contributed by atoms with E-state index in [0.29, 0.717) is 5.92 Å². The van der Waals surface area contributed by atoms with Gasteiger partial charge in [0.2, 0.25) is 0 Å². The maximum absolute atomic E-state index is 9.10. The molecular weight excluding hydrogens is 198 g/mol. The Hall–Kier alpha value is -1.49. The molecule has 2 unspecified atom stereocenters. The standard InChI is InChI=1S/C14H17NO/c1-4-10-5-6-13(16-3)11(7-10)12-8-14(12,2)9-15/h5-7,12H,4,8H2,1-3H3. The van der Waals surface area contributed by atoms with Gasteiger partial charge in [0.25, 0.3) is 0 Å². The monoisotopic (exact) mass is 215 g/mol. The summed E-state index contributed by atoms with van der Waals surface area (Å²) in [6.45, 7) is 4.16. The van der Waals surface area contributed by atoms with Crippen molar-refractivity contribution in [3.05, 3.63) is 29.3 Å². The third kappa shape index (κ3) is 1.67. The lowest BCUT2D eigenvalue weighted by Gasteiger charge is -2.10. The van der Waals surface area contributed by atoms with Gasteiger partial charge < -0.3 is 4.74 Å². The molecule has 1 aliphatic rings. The molecule has 1 aliphatic carbocycles. The summed E-state index contributed by atoms with van der Waals surface area (Å²) < 4.78 is 5.37. The maximum atomic E-state index is 9.10. The van der Waals surface area contributed by atoms with E-state index < -0.39 is 0 Å². The number of aryl methyl sites for hydroxylation is 1. The van der Waals surface area contributed by atoms with Gasteiger partial charge in [0.1, 0.15) is 5.75 Å². The van der Waals surface area contributed by atoms with Gasteiger partial charge >= 0.3 is 0 Å². The first-order chi connectivity index (χ1) is 7.64. The average Bonchev–Trinajstić information content (AvgIpc) is 3.01. The van der Waals surface area contributed by atoms with Crippen LogP contribution in [0.4, 0.5) is 0 Å². The largest absolute Gasteiger partial charge is 0.496 e. The van der Waals surface area contributed by atoms with Gasteiger partial charge in [0.15, 0.2) is 0 Å². The first-order valence-electron chi connectivity index (χ1n) is 5.72. The Morgan fingerprint density at radius 1 is 1.56 bits per heavy atom. The van der Waals surface area contributed by atoms with Crippen molar-refractivity contribution in [1.82, 2.24) is 0 Å². The Balaban J connectivity index is 2.37. The van der Waals surface area contributed by atoms with Gasteiger partial charge in [-0.25, -0.2) is 0 Å². The highest BCUT2D eigenvalue weighted by molar-refractivity contribution is 5.45. The Bertz CT molecular complexity index is 447. The number of ether oxygens (including phenoxy) is 1. The third-order valence-corrected chi connectivity index (χ3v) is 3.57. The zero-order valence-electron chi connectivity index (χ0n) is 10.1. The lowest BCUT2D eigenvalue weighted by atomic mass is 9.99. The van der Waals surface area contributed by atoms with E-state index in [2.05, 4.69) is 25.1 Å². The SMILES string of the molecule is CCc1ccc(OC)c(C2CC2(C)C#N)c1. The van der Waals surface area contributed by atoms with Gasteiger partial charge in [0.05, 0.1) is 18.6 Å². The van der Waals surface area contributed by atoms with E-state index in [4.69, 9.17) is 10.00 Å². The van der Waals surface area contributed by atoms with E-state index in [0.717, 1.165) is 18.6 Å². The summed E-state index contributed by atoms with van der Waals surface area (Å²) in [4.78, 5) is 0. The predicted molar refractivity (Wildman–Crippen MR) is 63.5 cm³/mol. The highest BCUT2D eigenvalue weighted by Gasteiger charge is 2.52. The molecule has 0 bridgehead atoms. The van der Waals surface area contributed by atoms with Crippen LogP contribution < -0.4 is 4.74 Å². The fourth-order valence-electron chi connectivity index (χ4n) is 2.22. The van der Waals surface area contributed by atoms with Crippen LogP contribution in [0.1, 0.15) is 37.3 Å². The van der Waals surface area contributed by atoms with E-state index in [9.17, 15) is 0 Å². The van der Waals surface area contributed by atoms with Gasteiger partial charge in [0, 0.05) is 5.92 Å². The molecule has 1 aromatic carbocycles. The highest BCUT2D eigenvalue weighted by atomic mass is 16.5. The smallest absolute Gasteiger partial charge is 0.122 e. The van der Waals surface area contributed by atoms with Crippen LogP contribution in [0.15, 0.2) is 18.2 Å². The first-order valence-corrected chi connectivity index (χ1v) is 5.72. The van der Waals surface area contributed by atoms with Crippen LogP contribution in [-0.4, -0.2) is 7.11 Å². The molecule has 1 fully saturated rings. The van der Waals surface area contributed by atoms with E-state index in [1.165, 1.54) is 11.1 Å². The molecular formula is C14H17NO. The minimum Gasteiger partial charge on any atom is -0.496 e. The van der Waals surface area contributed by atoms with Crippen molar-refractivity contribution in [2.24, 2.45) is 5.41 Å². The van der Waals surface area contributed by atoms with E-state index in [1.54, 1.807) is 7.11 Å². The van der Waals surface area contributed by atoms with Crippen molar-refractivity contribution in [2.75, 3.05) is 7.11 Å². The first kappa shape index (κ1) is 11.0. The quantitative estimate of drug-likeness (QED) is 0.775. The second-order valence-corrected chi connectivity index (χ2v) is 4.72. The summed E-state index contributed by atoms with van der Waals surface area (Å²) in [7, 11) is 1.69. The summed E-state index contributed by atoms with van der Waals surface area (Å²) in [5.41, 5.74) is 2.33. The normalized spacial score (nSPS) is 27.2.